The van der Waals surface area contributed by atoms with Crippen molar-refractivity contribution in [2.24, 2.45) is 7.05 Å². The molecule has 0 N–H and O–H groups in total. The van der Waals surface area contributed by atoms with Gasteiger partial charge in [-0.1, -0.05) is 0 Å². The number of aldehydes is 1. The van der Waals surface area contributed by atoms with E-state index < -0.39 is 23.3 Å². The summed E-state index contributed by atoms with van der Waals surface area (Å²) in [7, 11) is 2.43. The summed E-state index contributed by atoms with van der Waals surface area (Å²) in [4.78, 5) is 14.4. The molecule has 2 rings (SSSR count). The normalized spacial score (nSPS) is 11.5. The highest BCUT2D eigenvalue weighted by atomic mass is 19.4. The molecule has 0 aliphatic carbocycles. The summed E-state index contributed by atoms with van der Waals surface area (Å²) in [6.45, 7) is 0. The van der Waals surface area contributed by atoms with Crippen LogP contribution in [0.5, 0.6) is 5.75 Å². The Balaban J connectivity index is 2.71. The fourth-order valence-corrected chi connectivity index (χ4v) is 1.97. The third kappa shape index (κ3) is 2.48. The first-order valence-corrected chi connectivity index (χ1v) is 5.72. The number of ether oxygens (including phenoxy) is 1. The van der Waals surface area contributed by atoms with Gasteiger partial charge in [0.2, 0.25) is 0 Å². The molecule has 0 bridgehead atoms. The molecule has 0 aliphatic rings. The molecule has 0 saturated heterocycles. The first kappa shape index (κ1) is 15.0. The fraction of sp³-hybridized carbons (Fsp3) is 0.231. The molecule has 0 aliphatic heterocycles. The summed E-state index contributed by atoms with van der Waals surface area (Å²) in [5.41, 5.74) is -1.75. The van der Waals surface area contributed by atoms with E-state index in [4.69, 9.17) is 0 Å². The van der Waals surface area contributed by atoms with E-state index in [1.165, 1.54) is 11.6 Å². The van der Waals surface area contributed by atoms with Crippen LogP contribution in [0.15, 0.2) is 18.3 Å². The maximum absolute atomic E-state index is 14.3. The van der Waals surface area contributed by atoms with Crippen LogP contribution >= 0.6 is 0 Å². The van der Waals surface area contributed by atoms with Gasteiger partial charge in [0.05, 0.1) is 19.0 Å². The summed E-state index contributed by atoms with van der Waals surface area (Å²) in [6.07, 6.45) is -3.35. The van der Waals surface area contributed by atoms with Gasteiger partial charge >= 0.3 is 6.18 Å². The molecule has 1 heterocycles. The van der Waals surface area contributed by atoms with E-state index in [-0.39, 0.29) is 17.1 Å². The number of carbonyl (C=O) groups excluding carboxylic acids is 1. The van der Waals surface area contributed by atoms with Gasteiger partial charge in [0.1, 0.15) is 17.1 Å². The summed E-state index contributed by atoms with van der Waals surface area (Å²) >= 11 is 0. The number of hydrogen-bond acceptors (Lipinski definition) is 3. The second-order valence-corrected chi connectivity index (χ2v) is 4.18. The largest absolute Gasteiger partial charge is 0.496 e. The molecule has 1 aromatic heterocycles. The van der Waals surface area contributed by atoms with E-state index in [1.807, 2.05) is 0 Å². The predicted octanol–water partition coefficient (Wildman–Crippen LogP) is 3.07. The molecule has 0 fully saturated rings. The zero-order valence-electron chi connectivity index (χ0n) is 11.0. The van der Waals surface area contributed by atoms with Crippen molar-refractivity contribution in [3.8, 4) is 17.0 Å². The van der Waals surface area contributed by atoms with Crippen molar-refractivity contribution in [3.63, 3.8) is 0 Å². The van der Waals surface area contributed by atoms with Gasteiger partial charge in [-0.15, -0.1) is 0 Å². The molecule has 0 amide bonds. The molecular weight excluding hydrogens is 292 g/mol. The minimum absolute atomic E-state index is 0.0197. The lowest BCUT2D eigenvalue weighted by molar-refractivity contribution is -0.141. The minimum Gasteiger partial charge on any atom is -0.496 e. The van der Waals surface area contributed by atoms with Crippen molar-refractivity contribution >= 4 is 6.29 Å². The van der Waals surface area contributed by atoms with Gasteiger partial charge in [0.25, 0.3) is 0 Å². The fourth-order valence-electron chi connectivity index (χ4n) is 1.97. The standard InChI is InChI=1S/C13H10F4N2O2/c1-19-8(5-18-10(19)6-20)7-3-4-9(21-2)11(12(7)14)13(15,16)17/h3-6H,1-2H3. The molecule has 0 unspecified atom stereocenters. The van der Waals surface area contributed by atoms with E-state index in [0.717, 1.165) is 25.4 Å². The van der Waals surface area contributed by atoms with Crippen molar-refractivity contribution in [2.45, 2.75) is 6.18 Å². The third-order valence-corrected chi connectivity index (χ3v) is 3.01. The SMILES string of the molecule is COc1ccc(-c2cnc(C=O)n2C)c(F)c1C(F)(F)F. The lowest BCUT2D eigenvalue weighted by Crippen LogP contribution is -2.12. The zero-order chi connectivity index (χ0) is 15.8. The van der Waals surface area contributed by atoms with Crippen molar-refractivity contribution in [1.29, 1.82) is 0 Å². The monoisotopic (exact) mass is 302 g/mol. The second-order valence-electron chi connectivity index (χ2n) is 4.18. The van der Waals surface area contributed by atoms with Crippen molar-refractivity contribution in [2.75, 3.05) is 7.11 Å². The van der Waals surface area contributed by atoms with Crippen LogP contribution in [0.1, 0.15) is 16.2 Å². The second kappa shape index (κ2) is 5.19. The smallest absolute Gasteiger partial charge is 0.422 e. The Labute approximate surface area is 117 Å². The van der Waals surface area contributed by atoms with Crippen molar-refractivity contribution < 1.29 is 27.1 Å². The van der Waals surface area contributed by atoms with Crippen LogP contribution in [0.3, 0.4) is 0 Å². The van der Waals surface area contributed by atoms with Crippen molar-refractivity contribution in [3.05, 3.63) is 35.5 Å². The number of rotatable bonds is 3. The van der Waals surface area contributed by atoms with E-state index in [1.54, 1.807) is 0 Å². The number of imidazole rings is 1. The van der Waals surface area contributed by atoms with Gasteiger partial charge < -0.3 is 9.30 Å². The van der Waals surface area contributed by atoms with E-state index in [9.17, 15) is 22.4 Å². The zero-order valence-corrected chi connectivity index (χ0v) is 11.0. The molecule has 0 saturated carbocycles. The highest BCUT2D eigenvalue weighted by Crippen LogP contribution is 2.41. The number of carbonyl (C=O) groups is 1. The molecule has 0 radical (unpaired) electrons. The Bertz CT molecular complexity index is 692. The molecule has 0 spiro atoms. The highest BCUT2D eigenvalue weighted by Gasteiger charge is 2.39. The quantitative estimate of drug-likeness (QED) is 0.646. The number of nitrogens with zero attached hydrogens (tertiary/aromatic N) is 2. The Morgan fingerprint density at radius 2 is 2.00 bits per heavy atom. The van der Waals surface area contributed by atoms with Crippen LogP contribution in [-0.2, 0) is 13.2 Å². The summed E-state index contributed by atoms with van der Waals surface area (Å²) in [5.74, 6) is -2.10. The minimum atomic E-state index is -4.91. The molecule has 4 nitrogen and oxygen atoms in total. The molecule has 112 valence electrons. The number of hydrogen-bond donors (Lipinski definition) is 0. The van der Waals surface area contributed by atoms with Crippen LogP contribution in [0, 0.1) is 5.82 Å². The van der Waals surface area contributed by atoms with Gasteiger partial charge in [-0.25, -0.2) is 9.37 Å². The molecule has 8 heteroatoms. The average molecular weight is 302 g/mol. The maximum Gasteiger partial charge on any atom is 0.422 e. The number of benzene rings is 1. The Morgan fingerprint density at radius 1 is 1.33 bits per heavy atom. The number of alkyl halides is 3. The number of methoxy groups -OCH3 is 1. The first-order valence-electron chi connectivity index (χ1n) is 5.72. The van der Waals surface area contributed by atoms with Gasteiger partial charge in [-0.05, 0) is 12.1 Å². The molecular formula is C13H10F4N2O2. The van der Waals surface area contributed by atoms with E-state index >= 15 is 0 Å². The topological polar surface area (TPSA) is 44.1 Å². The van der Waals surface area contributed by atoms with Crippen molar-refractivity contribution in [1.82, 2.24) is 9.55 Å². The summed E-state index contributed by atoms with van der Waals surface area (Å²) in [6, 6.07) is 2.17. The first-order chi connectivity index (χ1) is 9.81. The third-order valence-electron chi connectivity index (χ3n) is 3.01. The Kier molecular flexibility index (Phi) is 3.71. The van der Waals surface area contributed by atoms with Crippen LogP contribution in [0.2, 0.25) is 0 Å². The van der Waals surface area contributed by atoms with Gasteiger partial charge in [0, 0.05) is 12.6 Å². The Hall–Kier alpha value is -2.38. The predicted molar refractivity (Wildman–Crippen MR) is 65.5 cm³/mol. The molecule has 1 aromatic carbocycles. The summed E-state index contributed by atoms with van der Waals surface area (Å²) in [5, 5.41) is 0. The molecule has 2 aromatic rings. The van der Waals surface area contributed by atoms with Crippen LogP contribution in [0.25, 0.3) is 11.3 Å². The van der Waals surface area contributed by atoms with Gasteiger partial charge in [-0.2, -0.15) is 13.2 Å². The maximum atomic E-state index is 14.3. The Morgan fingerprint density at radius 3 is 2.48 bits per heavy atom. The highest BCUT2D eigenvalue weighted by molar-refractivity contribution is 5.73. The van der Waals surface area contributed by atoms with E-state index in [2.05, 4.69) is 9.72 Å². The number of halogens is 4. The molecule has 0 atom stereocenters. The van der Waals surface area contributed by atoms with Crippen LogP contribution < -0.4 is 4.74 Å². The summed E-state index contributed by atoms with van der Waals surface area (Å²) < 4.78 is 58.9. The number of aromatic nitrogens is 2. The van der Waals surface area contributed by atoms with Gasteiger partial charge in [0.15, 0.2) is 12.1 Å². The van der Waals surface area contributed by atoms with E-state index in [0.29, 0.717) is 6.29 Å². The molecule has 21 heavy (non-hydrogen) atoms. The van der Waals surface area contributed by atoms with Crippen LogP contribution in [0.4, 0.5) is 17.6 Å². The lowest BCUT2D eigenvalue weighted by atomic mass is 10.1. The lowest BCUT2D eigenvalue weighted by Gasteiger charge is -2.15. The van der Waals surface area contributed by atoms with Crippen LogP contribution in [-0.4, -0.2) is 22.9 Å². The average Bonchev–Trinajstić information content (AvgIpc) is 2.77. The van der Waals surface area contributed by atoms with Gasteiger partial charge in [-0.3, -0.25) is 4.79 Å².